The van der Waals surface area contributed by atoms with Crippen molar-refractivity contribution in [2.24, 2.45) is 4.99 Å². The lowest BCUT2D eigenvalue weighted by Crippen LogP contribution is -2.22. The van der Waals surface area contributed by atoms with Crippen molar-refractivity contribution in [2.45, 2.75) is 32.2 Å². The molecule has 5 nitrogen and oxygen atoms in total. The number of aromatic nitrogens is 3. The van der Waals surface area contributed by atoms with Crippen LogP contribution in [0.1, 0.15) is 25.0 Å². The van der Waals surface area contributed by atoms with Gasteiger partial charge in [0.15, 0.2) is 0 Å². The quantitative estimate of drug-likeness (QED) is 0.301. The van der Waals surface area contributed by atoms with E-state index in [1.54, 1.807) is 0 Å². The number of pyridine rings is 1. The Kier molecular flexibility index (Phi) is 5.27. The normalized spacial score (nSPS) is 14.5. The summed E-state index contributed by atoms with van der Waals surface area (Å²) in [5.41, 5.74) is 7.67. The summed E-state index contributed by atoms with van der Waals surface area (Å²) < 4.78 is 2.22. The van der Waals surface area contributed by atoms with E-state index in [1.807, 2.05) is 61.7 Å². The average molecular weight is 466 g/mol. The molecule has 0 amide bonds. The van der Waals surface area contributed by atoms with Crippen LogP contribution >= 0.6 is 11.6 Å². The molecule has 1 aliphatic heterocycles. The molecular weight excluding hydrogens is 442 g/mol. The fourth-order valence-electron chi connectivity index (χ4n) is 4.42. The number of hydrogen-bond donors (Lipinski definition) is 1. The zero-order chi connectivity index (χ0) is 23.1. The standard InChI is InChI=1S/C28H24ClN5/c1-18-22(12-6-14-30-18)32-24-16-26-28(17-25(24)31-20-8-5-9-20)34(21-10-4-7-19(29)15-21)27-13-3-2-11-23(27)33-26/h2-4,6-7,10-17,20,32H,5,8-9H2,1H3/b31-25+. The molecule has 0 radical (unpaired) electrons. The van der Waals surface area contributed by atoms with Gasteiger partial charge in [-0.1, -0.05) is 29.8 Å². The summed E-state index contributed by atoms with van der Waals surface area (Å²) in [6.07, 6.45) is 5.31. The van der Waals surface area contributed by atoms with Gasteiger partial charge in [0, 0.05) is 16.9 Å². The average Bonchev–Trinajstić information content (AvgIpc) is 2.81. The van der Waals surface area contributed by atoms with Crippen molar-refractivity contribution >= 4 is 34.0 Å². The minimum atomic E-state index is 0.362. The highest BCUT2D eigenvalue weighted by atomic mass is 35.5. The lowest BCUT2D eigenvalue weighted by Gasteiger charge is -2.23. The molecule has 2 aliphatic carbocycles. The van der Waals surface area contributed by atoms with Gasteiger partial charge in [-0.05, 0) is 80.8 Å². The van der Waals surface area contributed by atoms with Gasteiger partial charge >= 0.3 is 0 Å². The Morgan fingerprint density at radius 1 is 0.971 bits per heavy atom. The van der Waals surface area contributed by atoms with Crippen molar-refractivity contribution in [1.82, 2.24) is 14.5 Å². The van der Waals surface area contributed by atoms with Gasteiger partial charge in [0.2, 0.25) is 0 Å². The zero-order valence-electron chi connectivity index (χ0n) is 18.9. The highest BCUT2D eigenvalue weighted by Crippen LogP contribution is 2.32. The molecule has 0 unspecified atom stereocenters. The first-order valence-corrected chi connectivity index (χ1v) is 12.0. The molecule has 0 atom stereocenters. The Labute approximate surface area is 203 Å². The molecule has 34 heavy (non-hydrogen) atoms. The van der Waals surface area contributed by atoms with E-state index in [0.29, 0.717) is 11.1 Å². The molecule has 3 aromatic rings. The molecule has 1 N–H and O–H groups in total. The number of nitrogens with zero attached hydrogens (tertiary/aromatic N) is 4. The molecule has 2 aromatic carbocycles. The second-order valence-corrected chi connectivity index (χ2v) is 9.19. The summed E-state index contributed by atoms with van der Waals surface area (Å²) in [7, 11) is 0. The maximum Gasteiger partial charge on any atom is 0.0900 e. The smallest absolute Gasteiger partial charge is 0.0900 e. The molecule has 1 aromatic heterocycles. The van der Waals surface area contributed by atoms with E-state index >= 15 is 0 Å². The molecule has 6 rings (SSSR count). The van der Waals surface area contributed by atoms with E-state index in [4.69, 9.17) is 21.6 Å². The Morgan fingerprint density at radius 3 is 2.65 bits per heavy atom. The van der Waals surface area contributed by atoms with Crippen LogP contribution in [0.4, 0.5) is 11.4 Å². The second kappa shape index (κ2) is 8.58. The van der Waals surface area contributed by atoms with E-state index in [-0.39, 0.29) is 0 Å². The van der Waals surface area contributed by atoms with Gasteiger partial charge in [-0.3, -0.25) is 9.98 Å². The summed E-state index contributed by atoms with van der Waals surface area (Å²) in [5, 5.41) is 5.21. The number of anilines is 2. The molecule has 168 valence electrons. The fourth-order valence-corrected chi connectivity index (χ4v) is 4.60. The molecule has 0 saturated heterocycles. The number of rotatable bonds is 4. The van der Waals surface area contributed by atoms with Gasteiger partial charge in [0.25, 0.3) is 0 Å². The number of halogens is 1. The van der Waals surface area contributed by atoms with Gasteiger partial charge in [0.1, 0.15) is 0 Å². The molecule has 0 bridgehead atoms. The summed E-state index contributed by atoms with van der Waals surface area (Å²) >= 11 is 6.39. The van der Waals surface area contributed by atoms with Gasteiger partial charge < -0.3 is 9.88 Å². The zero-order valence-corrected chi connectivity index (χ0v) is 19.6. The van der Waals surface area contributed by atoms with E-state index in [0.717, 1.165) is 63.4 Å². The van der Waals surface area contributed by atoms with Crippen LogP contribution in [0, 0.1) is 6.92 Å². The van der Waals surface area contributed by atoms with Crippen LogP contribution in [0.25, 0.3) is 28.1 Å². The lowest BCUT2D eigenvalue weighted by atomic mass is 9.94. The fraction of sp³-hybridized carbons (Fsp3) is 0.179. The van der Waals surface area contributed by atoms with Crippen LogP contribution in [-0.2, 0) is 0 Å². The first kappa shape index (κ1) is 20.9. The van der Waals surface area contributed by atoms with Crippen molar-refractivity contribution in [3.63, 3.8) is 0 Å². The van der Waals surface area contributed by atoms with Gasteiger partial charge in [-0.25, -0.2) is 4.98 Å². The number of hydrogen-bond acceptors (Lipinski definition) is 4. The highest BCUT2D eigenvalue weighted by molar-refractivity contribution is 6.30. The minimum Gasteiger partial charge on any atom is -0.352 e. The van der Waals surface area contributed by atoms with Gasteiger partial charge in [0.05, 0.1) is 50.9 Å². The molecule has 1 saturated carbocycles. The topological polar surface area (TPSA) is 55.1 Å². The van der Waals surface area contributed by atoms with E-state index < -0.39 is 0 Å². The third-order valence-corrected chi connectivity index (χ3v) is 6.67. The summed E-state index contributed by atoms with van der Waals surface area (Å²) in [6, 6.07) is 24.7. The van der Waals surface area contributed by atoms with Crippen LogP contribution in [0.3, 0.4) is 0 Å². The largest absolute Gasteiger partial charge is 0.352 e. The van der Waals surface area contributed by atoms with Crippen LogP contribution in [0.2, 0.25) is 5.02 Å². The van der Waals surface area contributed by atoms with Crippen molar-refractivity contribution in [1.29, 1.82) is 0 Å². The SMILES string of the molecule is Cc1ncccc1Nc1cc2nc3ccccc3n(-c3cccc(Cl)c3)c-2c/c1=N\C1CCC1. The maximum atomic E-state index is 6.39. The molecule has 3 aliphatic rings. The molecule has 0 spiro atoms. The van der Waals surface area contributed by atoms with E-state index in [9.17, 15) is 0 Å². The maximum absolute atomic E-state index is 6.39. The van der Waals surface area contributed by atoms with Crippen molar-refractivity contribution < 1.29 is 0 Å². The minimum absolute atomic E-state index is 0.362. The Hall–Kier alpha value is -3.70. The van der Waals surface area contributed by atoms with E-state index in [1.165, 1.54) is 6.42 Å². The van der Waals surface area contributed by atoms with Crippen molar-refractivity contribution in [3.8, 4) is 17.1 Å². The Balaban J connectivity index is 1.65. The Morgan fingerprint density at radius 2 is 1.85 bits per heavy atom. The van der Waals surface area contributed by atoms with Crippen molar-refractivity contribution in [3.05, 3.63) is 95.1 Å². The van der Waals surface area contributed by atoms with Gasteiger partial charge in [-0.2, -0.15) is 0 Å². The molecule has 1 fully saturated rings. The van der Waals surface area contributed by atoms with E-state index in [2.05, 4.69) is 39.1 Å². The first-order valence-electron chi connectivity index (χ1n) is 11.6. The van der Waals surface area contributed by atoms with Crippen LogP contribution in [0.5, 0.6) is 0 Å². The van der Waals surface area contributed by atoms with Crippen molar-refractivity contribution in [2.75, 3.05) is 5.32 Å². The lowest BCUT2D eigenvalue weighted by molar-refractivity contribution is 0.413. The number of nitrogens with one attached hydrogen (secondary N) is 1. The third-order valence-electron chi connectivity index (χ3n) is 6.44. The molecule has 6 heteroatoms. The monoisotopic (exact) mass is 465 g/mol. The second-order valence-electron chi connectivity index (χ2n) is 8.75. The number of fused-ring (bicyclic) bond motifs is 2. The van der Waals surface area contributed by atoms with Crippen LogP contribution in [0.15, 0.2) is 84.0 Å². The Bertz CT molecular complexity index is 1550. The van der Waals surface area contributed by atoms with Crippen LogP contribution < -0.4 is 10.7 Å². The molecule has 2 heterocycles. The number of benzene rings is 3. The predicted molar refractivity (Wildman–Crippen MR) is 138 cm³/mol. The summed E-state index contributed by atoms with van der Waals surface area (Å²) in [6.45, 7) is 2.00. The summed E-state index contributed by atoms with van der Waals surface area (Å²) in [4.78, 5) is 14.6. The predicted octanol–water partition coefficient (Wildman–Crippen LogP) is 6.68. The highest BCUT2D eigenvalue weighted by Gasteiger charge is 2.20. The van der Waals surface area contributed by atoms with Gasteiger partial charge in [-0.15, -0.1) is 0 Å². The summed E-state index contributed by atoms with van der Waals surface area (Å²) in [5.74, 6) is 0. The van der Waals surface area contributed by atoms with Crippen LogP contribution in [-0.4, -0.2) is 20.6 Å². The number of aryl methyl sites for hydroxylation is 1. The number of para-hydroxylation sites is 2. The third kappa shape index (κ3) is 3.82. The molecular formula is C28H24ClN5. The first-order chi connectivity index (χ1) is 16.7.